The summed E-state index contributed by atoms with van der Waals surface area (Å²) in [7, 11) is -4.44. The first-order chi connectivity index (χ1) is 18.3. The van der Waals surface area contributed by atoms with Crippen molar-refractivity contribution in [1.82, 2.24) is 5.32 Å². The Morgan fingerprint density at radius 3 is 2.38 bits per heavy atom. The molecule has 39 heavy (non-hydrogen) atoms. The maximum atomic E-state index is 12.1. The van der Waals surface area contributed by atoms with Crippen molar-refractivity contribution in [2.75, 3.05) is 18.0 Å². The number of aliphatic hydroxyl groups excluding tert-OH is 1. The fraction of sp³-hybridized carbons (Fsp3) is 0.560. The summed E-state index contributed by atoms with van der Waals surface area (Å²) in [6.45, 7) is 4.35. The van der Waals surface area contributed by atoms with Crippen molar-refractivity contribution in [3.63, 3.8) is 0 Å². The van der Waals surface area contributed by atoms with E-state index in [1.165, 1.54) is 6.07 Å². The third-order valence-corrected chi connectivity index (χ3v) is 6.48. The van der Waals surface area contributed by atoms with Crippen LogP contribution in [0.3, 0.4) is 0 Å². The number of hydrogen-bond donors (Lipinski definition) is 5. The molecule has 0 bridgehead atoms. The minimum absolute atomic E-state index is 0.254. The molecule has 5 N–H and O–H groups in total. The number of hydrogen-bond acceptors (Lipinski definition) is 9. The van der Waals surface area contributed by atoms with Crippen molar-refractivity contribution in [2.45, 2.75) is 77.2 Å². The Balaban J connectivity index is 2.20. The molecule has 2 amide bonds. The smallest absolute Gasteiger partial charge is 0.325 e. The molecule has 0 aliphatic carbocycles. The topological polar surface area (TPSA) is 190 Å². The molecule has 1 saturated heterocycles. The number of urea groups is 1. The molecule has 216 valence electrons. The number of carbonyl (C=O) groups is 3. The molecule has 1 aliphatic heterocycles. The van der Waals surface area contributed by atoms with Gasteiger partial charge in [0.25, 0.3) is 0 Å². The Hall–Kier alpha value is -3.14. The number of nitrogens with one attached hydrogen (secondary N) is 2. The standard InChI is InChI=1S/C25H35N2O11P/c1-5-6-7-8-12-26-25(31)27-18-9-10-19(15(2)14-18)37-24-23(36-17(4)29)22(35-16(3)28)21(30)20(38-24)11-13-39(32,33)34/h1,9-10,14,20-24,30H,6-8,11-13H2,2-4H3,(H2,26,27,31)(H2,32,33,34)/t20-,21-,22+,23+,24+/m1/s1. The van der Waals surface area contributed by atoms with Crippen LogP contribution in [0.2, 0.25) is 0 Å². The Labute approximate surface area is 226 Å². The molecule has 5 atom stereocenters. The molecule has 0 unspecified atom stereocenters. The van der Waals surface area contributed by atoms with Crippen LogP contribution < -0.4 is 15.4 Å². The molecule has 14 heteroatoms. The van der Waals surface area contributed by atoms with Crippen LogP contribution in [0, 0.1) is 19.3 Å². The minimum Gasteiger partial charge on any atom is -0.460 e. The monoisotopic (exact) mass is 570 g/mol. The summed E-state index contributed by atoms with van der Waals surface area (Å²) in [6.07, 6.45) is -0.550. The van der Waals surface area contributed by atoms with E-state index >= 15 is 0 Å². The van der Waals surface area contributed by atoms with Crippen molar-refractivity contribution < 1.29 is 52.8 Å². The molecule has 1 heterocycles. The summed E-state index contributed by atoms with van der Waals surface area (Å²) < 4.78 is 33.6. The predicted octanol–water partition coefficient (Wildman–Crippen LogP) is 1.82. The summed E-state index contributed by atoms with van der Waals surface area (Å²) in [5.74, 6) is 1.24. The van der Waals surface area contributed by atoms with Gasteiger partial charge in [-0.2, -0.15) is 0 Å². The lowest BCUT2D eigenvalue weighted by molar-refractivity contribution is -0.280. The van der Waals surface area contributed by atoms with Crippen LogP contribution in [0.5, 0.6) is 5.75 Å². The number of rotatable bonds is 12. The molecule has 0 radical (unpaired) electrons. The van der Waals surface area contributed by atoms with Crippen LogP contribution >= 0.6 is 7.60 Å². The third-order valence-electron chi connectivity index (χ3n) is 5.64. The molecule has 0 aromatic heterocycles. The quantitative estimate of drug-likeness (QED) is 0.107. The first-order valence-corrected chi connectivity index (χ1v) is 14.1. The van der Waals surface area contributed by atoms with Gasteiger partial charge in [0.1, 0.15) is 11.9 Å². The molecular weight excluding hydrogens is 535 g/mol. The van der Waals surface area contributed by atoms with E-state index in [0.29, 0.717) is 24.2 Å². The fourth-order valence-corrected chi connectivity index (χ4v) is 4.47. The number of aryl methyl sites for hydroxylation is 1. The Kier molecular flexibility index (Phi) is 12.2. The summed E-state index contributed by atoms with van der Waals surface area (Å²) >= 11 is 0. The number of amides is 2. The van der Waals surface area contributed by atoms with Crippen molar-refractivity contribution in [3.05, 3.63) is 23.8 Å². The molecule has 2 rings (SSSR count). The molecule has 13 nitrogen and oxygen atoms in total. The van der Waals surface area contributed by atoms with Crippen molar-refractivity contribution in [2.24, 2.45) is 0 Å². The van der Waals surface area contributed by atoms with Crippen LogP contribution in [0.4, 0.5) is 10.5 Å². The number of esters is 2. The highest BCUT2D eigenvalue weighted by Gasteiger charge is 2.50. The second-order valence-electron chi connectivity index (χ2n) is 9.00. The maximum Gasteiger partial charge on any atom is 0.325 e. The number of ether oxygens (including phenoxy) is 4. The molecule has 1 aliphatic rings. The second kappa shape index (κ2) is 14.9. The first-order valence-electron chi connectivity index (χ1n) is 12.3. The lowest BCUT2D eigenvalue weighted by Crippen LogP contribution is -2.61. The second-order valence-corrected chi connectivity index (χ2v) is 10.8. The van der Waals surface area contributed by atoms with Gasteiger partial charge in [-0.1, -0.05) is 0 Å². The van der Waals surface area contributed by atoms with Gasteiger partial charge in [-0.25, -0.2) is 4.79 Å². The highest BCUT2D eigenvalue weighted by atomic mass is 31.2. The van der Waals surface area contributed by atoms with Crippen molar-refractivity contribution in [1.29, 1.82) is 0 Å². The SMILES string of the molecule is C#CCCCCNC(=O)Nc1ccc(O[C@H]2O[C@H](CCP(=O)(O)O)[C@@H](O)[C@H](OC(C)=O)[C@@H]2OC(C)=O)c(C)c1. The number of benzene rings is 1. The Morgan fingerprint density at radius 1 is 1.13 bits per heavy atom. The fourth-order valence-electron chi connectivity index (χ4n) is 3.88. The van der Waals surface area contributed by atoms with E-state index in [9.17, 15) is 33.8 Å². The highest BCUT2D eigenvalue weighted by Crippen LogP contribution is 2.38. The normalized spacial score (nSPS) is 22.7. The van der Waals surface area contributed by atoms with E-state index < -0.39 is 62.4 Å². The van der Waals surface area contributed by atoms with Crippen LogP contribution in [0.15, 0.2) is 18.2 Å². The summed E-state index contributed by atoms with van der Waals surface area (Å²) in [5.41, 5.74) is 1.02. The van der Waals surface area contributed by atoms with Gasteiger partial charge in [-0.3, -0.25) is 14.2 Å². The van der Waals surface area contributed by atoms with Gasteiger partial charge in [0, 0.05) is 32.5 Å². The minimum atomic E-state index is -4.44. The number of unbranched alkanes of at least 4 members (excludes halogenated alkanes) is 2. The lowest BCUT2D eigenvalue weighted by atomic mass is 9.96. The van der Waals surface area contributed by atoms with E-state index in [-0.39, 0.29) is 12.2 Å². The van der Waals surface area contributed by atoms with Gasteiger partial charge >= 0.3 is 25.6 Å². The van der Waals surface area contributed by atoms with E-state index in [1.54, 1.807) is 19.1 Å². The van der Waals surface area contributed by atoms with Crippen molar-refractivity contribution in [3.8, 4) is 18.1 Å². The van der Waals surface area contributed by atoms with E-state index in [1.807, 2.05) is 0 Å². The average molecular weight is 571 g/mol. The number of anilines is 1. The van der Waals surface area contributed by atoms with Crippen LogP contribution in [-0.2, 0) is 28.4 Å². The highest BCUT2D eigenvalue weighted by molar-refractivity contribution is 7.51. The van der Waals surface area contributed by atoms with Gasteiger partial charge in [0.05, 0.1) is 12.3 Å². The third kappa shape index (κ3) is 10.9. The molecule has 1 aromatic carbocycles. The van der Waals surface area contributed by atoms with Gasteiger partial charge in [-0.15, -0.1) is 12.3 Å². The molecule has 0 spiro atoms. The van der Waals surface area contributed by atoms with Gasteiger partial charge in [0.15, 0.2) is 6.10 Å². The summed E-state index contributed by atoms with van der Waals surface area (Å²) in [5, 5.41) is 16.2. The predicted molar refractivity (Wildman–Crippen MR) is 139 cm³/mol. The van der Waals surface area contributed by atoms with E-state index in [4.69, 9.17) is 25.4 Å². The number of carbonyl (C=O) groups excluding carboxylic acids is 3. The molecule has 0 saturated carbocycles. The zero-order valence-electron chi connectivity index (χ0n) is 22.0. The molecule has 1 fully saturated rings. The largest absolute Gasteiger partial charge is 0.460 e. The molecule has 1 aromatic rings. The van der Waals surface area contributed by atoms with Crippen LogP contribution in [0.25, 0.3) is 0 Å². The average Bonchev–Trinajstić information content (AvgIpc) is 2.82. The first kappa shape index (κ1) is 32.1. The molecular formula is C25H35N2O11P. The summed E-state index contributed by atoms with van der Waals surface area (Å²) in [6, 6.07) is 4.32. The summed E-state index contributed by atoms with van der Waals surface area (Å²) in [4.78, 5) is 54.2. The number of aliphatic hydroxyl groups is 1. The van der Waals surface area contributed by atoms with E-state index in [0.717, 1.165) is 26.7 Å². The van der Waals surface area contributed by atoms with Crippen LogP contribution in [0.1, 0.15) is 45.1 Å². The zero-order valence-corrected chi connectivity index (χ0v) is 22.9. The van der Waals surface area contributed by atoms with Gasteiger partial charge in [0.2, 0.25) is 12.4 Å². The zero-order chi connectivity index (χ0) is 29.2. The van der Waals surface area contributed by atoms with Crippen LogP contribution in [-0.4, -0.2) is 76.3 Å². The van der Waals surface area contributed by atoms with E-state index in [2.05, 4.69) is 16.6 Å². The Bertz CT molecular complexity index is 1100. The Morgan fingerprint density at radius 2 is 1.79 bits per heavy atom. The lowest BCUT2D eigenvalue weighted by Gasteiger charge is -2.43. The number of terminal acetylenes is 1. The van der Waals surface area contributed by atoms with Gasteiger partial charge < -0.3 is 44.5 Å². The van der Waals surface area contributed by atoms with Gasteiger partial charge in [-0.05, 0) is 49.9 Å². The maximum absolute atomic E-state index is 12.1. The van der Waals surface area contributed by atoms with Crippen molar-refractivity contribution >= 4 is 31.3 Å².